The Balaban J connectivity index is 1.74. The first kappa shape index (κ1) is 20.6. The molecule has 0 aliphatic rings. The number of nitrogens with one attached hydrogen (secondary N) is 1. The smallest absolute Gasteiger partial charge is 0.271 e. The maximum absolute atomic E-state index is 13.3. The lowest BCUT2D eigenvalue weighted by Gasteiger charge is -2.11. The van der Waals surface area contributed by atoms with Gasteiger partial charge in [-0.15, -0.1) is 11.3 Å². The molecule has 7 heteroatoms. The number of nitrogens with zero attached hydrogens (tertiary/aromatic N) is 1. The Bertz CT molecular complexity index is 1280. The third-order valence-electron chi connectivity index (χ3n) is 5.05. The Kier molecular flexibility index (Phi) is 5.68. The van der Waals surface area contributed by atoms with Crippen LogP contribution in [0.1, 0.15) is 26.4 Å². The first-order valence-corrected chi connectivity index (χ1v) is 10.5. The normalized spacial score (nSPS) is 10.8. The van der Waals surface area contributed by atoms with Gasteiger partial charge in [-0.2, -0.15) is 0 Å². The highest BCUT2D eigenvalue weighted by Crippen LogP contribution is 2.35. The second kappa shape index (κ2) is 8.57. The van der Waals surface area contributed by atoms with Crippen LogP contribution in [0.3, 0.4) is 0 Å². The fourth-order valence-electron chi connectivity index (χ4n) is 3.45. The molecule has 4 aromatic rings. The lowest BCUT2D eigenvalue weighted by Crippen LogP contribution is -2.13. The van der Waals surface area contributed by atoms with E-state index in [1.165, 1.54) is 42.2 Å². The molecule has 0 spiro atoms. The Morgan fingerprint density at radius 1 is 1.10 bits per heavy atom. The van der Waals surface area contributed by atoms with Gasteiger partial charge >= 0.3 is 0 Å². The zero-order chi connectivity index (χ0) is 22.0. The highest BCUT2D eigenvalue weighted by atomic mass is 32.1. The van der Waals surface area contributed by atoms with Gasteiger partial charge in [-0.3, -0.25) is 14.9 Å². The number of nitro benzene ring substituents is 1. The number of hydrogen-bond acceptors (Lipinski definition) is 5. The summed E-state index contributed by atoms with van der Waals surface area (Å²) in [6.45, 7) is 2.04. The number of fused-ring (bicyclic) bond motifs is 1. The summed E-state index contributed by atoms with van der Waals surface area (Å²) in [6.07, 6.45) is 0.610. The Hall–Kier alpha value is -3.71. The van der Waals surface area contributed by atoms with Crippen molar-refractivity contribution in [2.45, 2.75) is 13.3 Å². The molecule has 0 fully saturated rings. The molecule has 0 unspecified atom stereocenters. The Morgan fingerprint density at radius 3 is 2.55 bits per heavy atom. The summed E-state index contributed by atoms with van der Waals surface area (Å²) in [7, 11) is 1.46. The standard InChI is InChI=1S/C24H20N2O4S/c1-15-7-9-16(10-8-15)13-19-18-5-3-4-6-22(18)31-23(19)24(27)25-20-14-17(26(28)29)11-12-21(20)30-2/h3-12,14H,13H2,1-2H3,(H,25,27). The molecule has 31 heavy (non-hydrogen) atoms. The summed E-state index contributed by atoms with van der Waals surface area (Å²) in [5.41, 5.74) is 3.37. The number of benzene rings is 3. The van der Waals surface area contributed by atoms with Gasteiger partial charge in [0.1, 0.15) is 5.75 Å². The Labute approximate surface area is 183 Å². The Morgan fingerprint density at radius 2 is 1.84 bits per heavy atom. The summed E-state index contributed by atoms with van der Waals surface area (Å²) in [6, 6.07) is 20.3. The molecular weight excluding hydrogens is 412 g/mol. The van der Waals surface area contributed by atoms with Gasteiger partial charge in [0, 0.05) is 16.8 Å². The maximum Gasteiger partial charge on any atom is 0.271 e. The first-order chi connectivity index (χ1) is 15.0. The van der Waals surface area contributed by atoms with E-state index >= 15 is 0 Å². The van der Waals surface area contributed by atoms with Gasteiger partial charge in [0.15, 0.2) is 0 Å². The van der Waals surface area contributed by atoms with E-state index < -0.39 is 4.92 Å². The summed E-state index contributed by atoms with van der Waals surface area (Å²) in [5.74, 6) is 0.0438. The van der Waals surface area contributed by atoms with Gasteiger partial charge in [-0.05, 0) is 42.0 Å². The molecule has 0 saturated carbocycles. The van der Waals surface area contributed by atoms with Crippen LogP contribution in [0.15, 0.2) is 66.7 Å². The van der Waals surface area contributed by atoms with Crippen molar-refractivity contribution >= 4 is 38.7 Å². The van der Waals surface area contributed by atoms with Crippen molar-refractivity contribution in [3.63, 3.8) is 0 Å². The van der Waals surface area contributed by atoms with Crippen molar-refractivity contribution in [3.8, 4) is 5.75 Å². The van der Waals surface area contributed by atoms with Crippen LogP contribution in [0, 0.1) is 17.0 Å². The quantitative estimate of drug-likeness (QED) is 0.301. The van der Waals surface area contributed by atoms with E-state index in [-0.39, 0.29) is 17.3 Å². The van der Waals surface area contributed by atoms with Crippen molar-refractivity contribution in [1.29, 1.82) is 0 Å². The molecule has 0 saturated heterocycles. The number of amides is 1. The van der Waals surface area contributed by atoms with Crippen molar-refractivity contribution in [1.82, 2.24) is 0 Å². The van der Waals surface area contributed by atoms with E-state index in [0.29, 0.717) is 17.0 Å². The molecule has 4 rings (SSSR count). The topological polar surface area (TPSA) is 81.5 Å². The number of hydrogen-bond donors (Lipinski definition) is 1. The monoisotopic (exact) mass is 432 g/mol. The van der Waals surface area contributed by atoms with Crippen molar-refractivity contribution in [2.24, 2.45) is 0 Å². The van der Waals surface area contributed by atoms with E-state index in [2.05, 4.69) is 29.6 Å². The number of aryl methyl sites for hydroxylation is 1. The molecule has 1 N–H and O–H groups in total. The molecule has 0 aliphatic carbocycles. The van der Waals surface area contributed by atoms with Crippen LogP contribution >= 0.6 is 11.3 Å². The zero-order valence-corrected chi connectivity index (χ0v) is 17.9. The largest absolute Gasteiger partial charge is 0.495 e. The summed E-state index contributed by atoms with van der Waals surface area (Å²) < 4.78 is 6.29. The summed E-state index contributed by atoms with van der Waals surface area (Å²) in [4.78, 5) is 24.5. The van der Waals surface area contributed by atoms with E-state index in [9.17, 15) is 14.9 Å². The SMILES string of the molecule is COc1ccc([N+](=O)[O-])cc1NC(=O)c1sc2ccccc2c1Cc1ccc(C)cc1. The molecule has 3 aromatic carbocycles. The third-order valence-corrected chi connectivity index (χ3v) is 6.26. The minimum absolute atomic E-state index is 0.118. The second-order valence-corrected chi connectivity index (χ2v) is 8.22. The molecule has 0 radical (unpaired) electrons. The first-order valence-electron chi connectivity index (χ1n) is 9.66. The van der Waals surface area contributed by atoms with Gasteiger partial charge < -0.3 is 10.1 Å². The lowest BCUT2D eigenvalue weighted by atomic mass is 10.0. The molecule has 1 heterocycles. The van der Waals surface area contributed by atoms with E-state index in [1.54, 1.807) is 0 Å². The number of ether oxygens (including phenoxy) is 1. The molecule has 6 nitrogen and oxygen atoms in total. The van der Waals surface area contributed by atoms with Crippen LogP contribution in [0.2, 0.25) is 0 Å². The second-order valence-electron chi connectivity index (χ2n) is 7.16. The molecule has 1 aromatic heterocycles. The predicted molar refractivity (Wildman–Crippen MR) is 123 cm³/mol. The minimum atomic E-state index is -0.503. The van der Waals surface area contributed by atoms with Crippen molar-refractivity contribution in [2.75, 3.05) is 12.4 Å². The van der Waals surface area contributed by atoms with Gasteiger partial charge in [0.05, 0.1) is 22.6 Å². The van der Waals surface area contributed by atoms with Crippen molar-refractivity contribution < 1.29 is 14.5 Å². The molecule has 0 bridgehead atoms. The zero-order valence-electron chi connectivity index (χ0n) is 17.0. The van der Waals surface area contributed by atoms with E-state index in [1.807, 2.05) is 31.2 Å². The fraction of sp³-hybridized carbons (Fsp3) is 0.125. The number of non-ortho nitro benzene ring substituents is 1. The number of rotatable bonds is 6. The molecule has 156 valence electrons. The van der Waals surface area contributed by atoms with Crippen LogP contribution in [-0.4, -0.2) is 17.9 Å². The summed E-state index contributed by atoms with van der Waals surface area (Å²) in [5, 5.41) is 15.0. The fourth-order valence-corrected chi connectivity index (χ4v) is 4.57. The number of anilines is 1. The number of thiophene rings is 1. The molecular formula is C24H20N2O4S. The average molecular weight is 433 g/mol. The average Bonchev–Trinajstić information content (AvgIpc) is 3.14. The molecule has 1 amide bonds. The van der Waals surface area contributed by atoms with E-state index in [0.717, 1.165) is 21.2 Å². The third kappa shape index (κ3) is 4.27. The van der Waals surface area contributed by atoms with Gasteiger partial charge in [0.2, 0.25) is 0 Å². The van der Waals surface area contributed by atoms with Gasteiger partial charge in [0.25, 0.3) is 11.6 Å². The van der Waals surface area contributed by atoms with Crippen LogP contribution in [-0.2, 0) is 6.42 Å². The number of methoxy groups -OCH3 is 1. The van der Waals surface area contributed by atoms with Crippen LogP contribution in [0.4, 0.5) is 11.4 Å². The highest BCUT2D eigenvalue weighted by molar-refractivity contribution is 7.21. The summed E-state index contributed by atoms with van der Waals surface area (Å²) >= 11 is 1.41. The van der Waals surface area contributed by atoms with Crippen molar-refractivity contribution in [3.05, 3.63) is 98.4 Å². The van der Waals surface area contributed by atoms with Gasteiger partial charge in [-0.25, -0.2) is 0 Å². The number of carbonyl (C=O) groups excluding carboxylic acids is 1. The number of carbonyl (C=O) groups is 1. The number of nitro groups is 1. The predicted octanol–water partition coefficient (Wildman–Crippen LogP) is 5.97. The van der Waals surface area contributed by atoms with Crippen LogP contribution in [0.5, 0.6) is 5.75 Å². The van der Waals surface area contributed by atoms with Crippen LogP contribution in [0.25, 0.3) is 10.1 Å². The lowest BCUT2D eigenvalue weighted by molar-refractivity contribution is -0.384. The maximum atomic E-state index is 13.3. The molecule has 0 atom stereocenters. The minimum Gasteiger partial charge on any atom is -0.495 e. The van der Waals surface area contributed by atoms with Gasteiger partial charge in [-0.1, -0.05) is 48.0 Å². The molecule has 0 aliphatic heterocycles. The van der Waals surface area contributed by atoms with E-state index in [4.69, 9.17) is 4.74 Å². The highest BCUT2D eigenvalue weighted by Gasteiger charge is 2.21. The van der Waals surface area contributed by atoms with Crippen LogP contribution < -0.4 is 10.1 Å².